The smallest absolute Gasteiger partial charge is 0.338 e. The first-order valence-electron chi connectivity index (χ1n) is 12.3. The van der Waals surface area contributed by atoms with Gasteiger partial charge in [0.2, 0.25) is 6.04 Å². The molecule has 0 bridgehead atoms. The van der Waals surface area contributed by atoms with Gasteiger partial charge < -0.3 is 25.4 Å². The molecule has 10 nitrogen and oxygen atoms in total. The van der Waals surface area contributed by atoms with Crippen molar-refractivity contribution in [1.29, 1.82) is 0 Å². The van der Waals surface area contributed by atoms with Gasteiger partial charge in [-0.3, -0.25) is 9.69 Å². The number of carbonyl (C=O) groups excluding carboxylic acids is 2. The molecule has 0 spiro atoms. The number of rotatable bonds is 10. The van der Waals surface area contributed by atoms with Crippen LogP contribution in [0.15, 0.2) is 24.3 Å². The van der Waals surface area contributed by atoms with Gasteiger partial charge in [-0.15, -0.1) is 0 Å². The van der Waals surface area contributed by atoms with Crippen molar-refractivity contribution in [3.05, 3.63) is 35.4 Å². The van der Waals surface area contributed by atoms with E-state index in [2.05, 4.69) is 39.2 Å². The van der Waals surface area contributed by atoms with E-state index in [4.69, 9.17) is 15.2 Å². The topological polar surface area (TPSA) is 123 Å². The summed E-state index contributed by atoms with van der Waals surface area (Å²) in [5.41, 5.74) is 8.57. The van der Waals surface area contributed by atoms with Crippen LogP contribution in [-0.2, 0) is 27.4 Å². The number of esters is 1. The Bertz CT molecular complexity index is 1060. The van der Waals surface area contributed by atoms with Gasteiger partial charge >= 0.3 is 12.0 Å². The minimum atomic E-state index is -1.21. The SMILES string of the molecule is CCCCOc1nc(N)c2c(n1)N(Cc1cccc(CN3CCCC3)c1)C(C(=O)OCC)C(=O)N2. The zero-order chi connectivity index (χ0) is 24.8. The van der Waals surface area contributed by atoms with Gasteiger partial charge in [-0.25, -0.2) is 4.79 Å². The molecule has 1 amide bonds. The summed E-state index contributed by atoms with van der Waals surface area (Å²) in [6.07, 6.45) is 4.26. The van der Waals surface area contributed by atoms with Gasteiger partial charge in [0.25, 0.3) is 5.91 Å². The highest BCUT2D eigenvalue weighted by molar-refractivity contribution is 6.15. The summed E-state index contributed by atoms with van der Waals surface area (Å²) in [4.78, 5) is 38.7. The number of carbonyl (C=O) groups is 2. The molecule has 1 saturated heterocycles. The Morgan fingerprint density at radius 2 is 1.91 bits per heavy atom. The van der Waals surface area contributed by atoms with Crippen molar-refractivity contribution in [1.82, 2.24) is 14.9 Å². The summed E-state index contributed by atoms with van der Waals surface area (Å²) in [7, 11) is 0. The quantitative estimate of drug-likeness (QED) is 0.299. The molecule has 2 aliphatic rings. The van der Waals surface area contributed by atoms with Gasteiger partial charge in [0, 0.05) is 13.1 Å². The highest BCUT2D eigenvalue weighted by Gasteiger charge is 2.42. The summed E-state index contributed by atoms with van der Waals surface area (Å²) < 4.78 is 10.9. The number of hydrogen-bond donors (Lipinski definition) is 2. The monoisotopic (exact) mass is 482 g/mol. The van der Waals surface area contributed by atoms with E-state index in [1.807, 2.05) is 12.1 Å². The number of fused-ring (bicyclic) bond motifs is 1. The second-order valence-electron chi connectivity index (χ2n) is 8.87. The molecule has 0 aliphatic carbocycles. The van der Waals surface area contributed by atoms with E-state index in [0.717, 1.165) is 38.0 Å². The Morgan fingerprint density at radius 1 is 1.17 bits per heavy atom. The van der Waals surface area contributed by atoms with Crippen molar-refractivity contribution in [3.63, 3.8) is 0 Å². The van der Waals surface area contributed by atoms with E-state index in [1.165, 1.54) is 18.4 Å². The maximum absolute atomic E-state index is 13.0. The highest BCUT2D eigenvalue weighted by Crippen LogP contribution is 2.37. The average molecular weight is 483 g/mol. The molecular weight excluding hydrogens is 448 g/mol. The van der Waals surface area contributed by atoms with Crippen LogP contribution in [0.2, 0.25) is 0 Å². The Kier molecular flexibility index (Phi) is 8.02. The lowest BCUT2D eigenvalue weighted by atomic mass is 10.1. The van der Waals surface area contributed by atoms with Crippen LogP contribution in [0, 0.1) is 0 Å². The lowest BCUT2D eigenvalue weighted by Crippen LogP contribution is -2.53. The number of nitrogen functional groups attached to an aromatic ring is 1. The van der Waals surface area contributed by atoms with E-state index in [-0.39, 0.29) is 30.7 Å². The molecule has 4 rings (SSSR count). The zero-order valence-electron chi connectivity index (χ0n) is 20.5. The van der Waals surface area contributed by atoms with E-state index in [0.29, 0.717) is 12.4 Å². The van der Waals surface area contributed by atoms with E-state index < -0.39 is 17.9 Å². The average Bonchev–Trinajstić information content (AvgIpc) is 3.33. The molecule has 2 aliphatic heterocycles. The number of nitrogens with zero attached hydrogens (tertiary/aromatic N) is 4. The highest BCUT2D eigenvalue weighted by atomic mass is 16.5. The third-order valence-electron chi connectivity index (χ3n) is 6.17. The molecule has 1 aromatic carbocycles. The number of likely N-dealkylation sites (tertiary alicyclic amines) is 1. The minimum absolute atomic E-state index is 0.0879. The normalized spacial score (nSPS) is 17.7. The fourth-order valence-corrected chi connectivity index (χ4v) is 4.44. The first-order chi connectivity index (χ1) is 17.0. The van der Waals surface area contributed by atoms with E-state index >= 15 is 0 Å². The molecule has 188 valence electrons. The number of amides is 1. The van der Waals surface area contributed by atoms with Crippen LogP contribution < -0.4 is 20.7 Å². The number of benzene rings is 1. The van der Waals surface area contributed by atoms with Crippen LogP contribution in [0.3, 0.4) is 0 Å². The lowest BCUT2D eigenvalue weighted by Gasteiger charge is -2.35. The number of unbranched alkanes of at least 4 members (excludes halogenated alkanes) is 1. The van der Waals surface area contributed by atoms with E-state index in [9.17, 15) is 9.59 Å². The van der Waals surface area contributed by atoms with Crippen LogP contribution in [0.1, 0.15) is 50.7 Å². The molecule has 1 fully saturated rings. The first-order valence-corrected chi connectivity index (χ1v) is 12.3. The molecule has 3 heterocycles. The maximum atomic E-state index is 13.0. The van der Waals surface area contributed by atoms with Crippen LogP contribution in [-0.4, -0.2) is 59.1 Å². The van der Waals surface area contributed by atoms with Gasteiger partial charge in [0.1, 0.15) is 5.69 Å². The number of nitrogens with one attached hydrogen (secondary N) is 1. The summed E-state index contributed by atoms with van der Waals surface area (Å²) in [5.74, 6) is -0.745. The van der Waals surface area contributed by atoms with Crippen molar-refractivity contribution in [2.24, 2.45) is 0 Å². The molecule has 3 N–H and O–H groups in total. The van der Waals surface area contributed by atoms with Gasteiger partial charge in [-0.05, 0) is 50.4 Å². The molecule has 2 aromatic rings. The first kappa shape index (κ1) is 24.7. The third kappa shape index (κ3) is 5.82. The predicted molar refractivity (Wildman–Crippen MR) is 133 cm³/mol. The molecule has 0 radical (unpaired) electrons. The zero-order valence-corrected chi connectivity index (χ0v) is 20.5. The lowest BCUT2D eigenvalue weighted by molar-refractivity contribution is -0.147. The van der Waals surface area contributed by atoms with Gasteiger partial charge in [-0.1, -0.05) is 37.6 Å². The molecule has 1 unspecified atom stereocenters. The standard InChI is InChI=1S/C25H34N6O4/c1-3-5-13-35-25-28-21(26)19-22(29-25)31(20(23(32)27-19)24(33)34-4-2)16-18-10-8-9-17(14-18)15-30-11-6-7-12-30/h8-10,14,20H,3-7,11-13,15-16H2,1-2H3,(H,27,32)(H2,26,28,29). The molecule has 1 aromatic heterocycles. The van der Waals surface area contributed by atoms with Crippen molar-refractivity contribution in [2.45, 2.75) is 58.7 Å². The Balaban J connectivity index is 1.67. The molecular formula is C25H34N6O4. The summed E-state index contributed by atoms with van der Waals surface area (Å²) >= 11 is 0. The Hall–Kier alpha value is -3.40. The molecule has 1 atom stereocenters. The van der Waals surface area contributed by atoms with Crippen LogP contribution in [0.25, 0.3) is 0 Å². The molecule has 10 heteroatoms. The second kappa shape index (κ2) is 11.4. The van der Waals surface area contributed by atoms with Gasteiger partial charge in [-0.2, -0.15) is 9.97 Å². The van der Waals surface area contributed by atoms with Crippen molar-refractivity contribution in [3.8, 4) is 6.01 Å². The maximum Gasteiger partial charge on any atom is 0.338 e. The van der Waals surface area contributed by atoms with E-state index in [1.54, 1.807) is 11.8 Å². The van der Waals surface area contributed by atoms with Crippen molar-refractivity contribution in [2.75, 3.05) is 42.3 Å². The van der Waals surface area contributed by atoms with Gasteiger partial charge in [0.05, 0.1) is 13.2 Å². The molecule has 0 saturated carbocycles. The second-order valence-corrected chi connectivity index (χ2v) is 8.87. The Labute approximate surface area is 205 Å². The summed E-state index contributed by atoms with van der Waals surface area (Å²) in [5, 5.41) is 2.69. The fraction of sp³-hybridized carbons (Fsp3) is 0.520. The predicted octanol–water partition coefficient (Wildman–Crippen LogP) is 2.72. The number of anilines is 3. The number of hydrogen-bond acceptors (Lipinski definition) is 9. The van der Waals surface area contributed by atoms with Crippen LogP contribution >= 0.6 is 0 Å². The Morgan fingerprint density at radius 3 is 2.63 bits per heavy atom. The van der Waals surface area contributed by atoms with Crippen molar-refractivity contribution < 1.29 is 19.1 Å². The number of aromatic nitrogens is 2. The summed E-state index contributed by atoms with van der Waals surface area (Å²) in [6.45, 7) is 7.72. The number of nitrogens with two attached hydrogens (primary N) is 1. The largest absolute Gasteiger partial charge is 0.464 e. The minimum Gasteiger partial charge on any atom is -0.464 e. The third-order valence-corrected chi connectivity index (χ3v) is 6.17. The van der Waals surface area contributed by atoms with Gasteiger partial charge in [0.15, 0.2) is 11.6 Å². The van der Waals surface area contributed by atoms with Crippen molar-refractivity contribution >= 4 is 29.2 Å². The number of ether oxygens (including phenoxy) is 2. The fourth-order valence-electron chi connectivity index (χ4n) is 4.44. The molecule has 35 heavy (non-hydrogen) atoms. The van der Waals surface area contributed by atoms with Crippen LogP contribution in [0.5, 0.6) is 6.01 Å². The summed E-state index contributed by atoms with van der Waals surface area (Å²) in [6, 6.07) is 7.09. The van der Waals surface area contributed by atoms with Crippen LogP contribution in [0.4, 0.5) is 17.3 Å².